The van der Waals surface area contributed by atoms with E-state index in [0.717, 1.165) is 6.61 Å². The van der Waals surface area contributed by atoms with Crippen LogP contribution in [0.5, 0.6) is 0 Å². The van der Waals surface area contributed by atoms with Crippen molar-refractivity contribution in [2.24, 2.45) is 0 Å². The molecule has 2 saturated heterocycles. The van der Waals surface area contributed by atoms with E-state index in [-0.39, 0.29) is 0 Å². The number of anilines is 1. The van der Waals surface area contributed by atoms with E-state index >= 15 is 0 Å². The van der Waals surface area contributed by atoms with Crippen LogP contribution < -0.4 is 5.73 Å². The monoisotopic (exact) mass is 278 g/mol. The molecule has 3 rings (SSSR count). The summed E-state index contributed by atoms with van der Waals surface area (Å²) in [6.45, 7) is 4.54. The summed E-state index contributed by atoms with van der Waals surface area (Å²) < 4.78 is 7.72. The number of piperidine rings is 1. The molecule has 112 valence electrons. The topological polar surface area (TPSA) is 56.3 Å². The molecule has 5 heteroatoms. The number of ether oxygens (including phenoxy) is 1. The molecule has 0 aliphatic carbocycles. The second-order valence-electron chi connectivity index (χ2n) is 6.07. The van der Waals surface area contributed by atoms with Crippen LogP contribution >= 0.6 is 0 Å². The molecular formula is C15H26N4O. The molecule has 2 aliphatic rings. The number of nitrogens with zero attached hydrogens (tertiary/aromatic N) is 3. The van der Waals surface area contributed by atoms with Gasteiger partial charge in [-0.2, -0.15) is 5.10 Å². The van der Waals surface area contributed by atoms with Crippen molar-refractivity contribution >= 4 is 5.82 Å². The minimum absolute atomic E-state index is 0.529. The number of nitrogens with two attached hydrogens (primary N) is 1. The molecule has 5 nitrogen and oxygen atoms in total. The summed E-state index contributed by atoms with van der Waals surface area (Å²) in [5.74, 6) is 0.629. The Hall–Kier alpha value is -1.07. The van der Waals surface area contributed by atoms with Crippen molar-refractivity contribution in [3.05, 3.63) is 12.3 Å². The Morgan fingerprint density at radius 1 is 1.30 bits per heavy atom. The van der Waals surface area contributed by atoms with Gasteiger partial charge < -0.3 is 15.4 Å². The highest BCUT2D eigenvalue weighted by atomic mass is 16.5. The van der Waals surface area contributed by atoms with E-state index < -0.39 is 0 Å². The third-order valence-electron chi connectivity index (χ3n) is 4.58. The van der Waals surface area contributed by atoms with Gasteiger partial charge in [-0.25, -0.2) is 0 Å². The number of nitrogen functional groups attached to an aromatic ring is 1. The zero-order chi connectivity index (χ0) is 13.8. The van der Waals surface area contributed by atoms with Gasteiger partial charge in [-0.05, 0) is 51.1 Å². The summed E-state index contributed by atoms with van der Waals surface area (Å²) in [5.41, 5.74) is 5.68. The minimum Gasteiger partial charge on any atom is -0.382 e. The fourth-order valence-electron chi connectivity index (χ4n) is 3.38. The van der Waals surface area contributed by atoms with Gasteiger partial charge in [0.1, 0.15) is 5.82 Å². The molecule has 0 aromatic carbocycles. The highest BCUT2D eigenvalue weighted by Crippen LogP contribution is 2.23. The van der Waals surface area contributed by atoms with Crippen molar-refractivity contribution < 1.29 is 4.74 Å². The highest BCUT2D eigenvalue weighted by molar-refractivity contribution is 5.24. The maximum atomic E-state index is 5.68. The lowest BCUT2D eigenvalue weighted by molar-refractivity contribution is 0.0959. The molecular weight excluding hydrogens is 252 g/mol. The van der Waals surface area contributed by atoms with Crippen molar-refractivity contribution in [3.63, 3.8) is 0 Å². The first-order chi connectivity index (χ1) is 9.81. The van der Waals surface area contributed by atoms with E-state index in [1.807, 2.05) is 16.9 Å². The van der Waals surface area contributed by atoms with Crippen LogP contribution in [0, 0.1) is 0 Å². The normalized spacial score (nSPS) is 25.3. The Morgan fingerprint density at radius 3 is 2.80 bits per heavy atom. The number of aromatic nitrogens is 2. The van der Waals surface area contributed by atoms with E-state index in [4.69, 9.17) is 10.5 Å². The molecule has 2 fully saturated rings. The zero-order valence-corrected chi connectivity index (χ0v) is 12.2. The molecule has 0 radical (unpaired) electrons. The largest absolute Gasteiger partial charge is 0.382 e. The number of rotatable bonds is 5. The van der Waals surface area contributed by atoms with Crippen molar-refractivity contribution in [1.82, 2.24) is 14.7 Å². The Labute approximate surface area is 121 Å². The van der Waals surface area contributed by atoms with E-state index in [0.29, 0.717) is 18.0 Å². The van der Waals surface area contributed by atoms with Gasteiger partial charge in [-0.15, -0.1) is 0 Å². The molecule has 2 N–H and O–H groups in total. The molecule has 0 saturated carbocycles. The predicted molar refractivity (Wildman–Crippen MR) is 79.6 cm³/mol. The van der Waals surface area contributed by atoms with Gasteiger partial charge in [0, 0.05) is 25.9 Å². The molecule has 20 heavy (non-hydrogen) atoms. The third-order valence-corrected chi connectivity index (χ3v) is 4.58. The van der Waals surface area contributed by atoms with Crippen molar-refractivity contribution in [2.45, 2.75) is 50.7 Å². The van der Waals surface area contributed by atoms with Gasteiger partial charge in [0.15, 0.2) is 0 Å². The lowest BCUT2D eigenvalue weighted by Gasteiger charge is -2.32. The van der Waals surface area contributed by atoms with Gasteiger partial charge in [0.25, 0.3) is 0 Å². The van der Waals surface area contributed by atoms with Gasteiger partial charge in [0.2, 0.25) is 0 Å². The molecule has 1 unspecified atom stereocenters. The summed E-state index contributed by atoms with van der Waals surface area (Å²) in [6.07, 6.45) is 9.93. The first-order valence-corrected chi connectivity index (χ1v) is 7.96. The molecule has 3 heterocycles. The van der Waals surface area contributed by atoms with E-state index in [2.05, 4.69) is 10.00 Å². The number of likely N-dealkylation sites (tertiary alicyclic amines) is 1. The Bertz CT molecular complexity index is 406. The van der Waals surface area contributed by atoms with Gasteiger partial charge in [-0.3, -0.25) is 4.68 Å². The maximum absolute atomic E-state index is 5.68. The first kappa shape index (κ1) is 13.9. The summed E-state index contributed by atoms with van der Waals surface area (Å²) in [7, 11) is 0. The predicted octanol–water partition coefficient (Wildman–Crippen LogP) is 2.06. The molecule has 1 atom stereocenters. The molecule has 0 spiro atoms. The lowest BCUT2D eigenvalue weighted by atomic mass is 10.0. The second kappa shape index (κ2) is 6.59. The summed E-state index contributed by atoms with van der Waals surface area (Å²) >= 11 is 0. The zero-order valence-electron chi connectivity index (χ0n) is 12.2. The van der Waals surface area contributed by atoms with Crippen LogP contribution in [-0.4, -0.2) is 47.0 Å². The average molecular weight is 278 g/mol. The van der Waals surface area contributed by atoms with Crippen LogP contribution in [0.1, 0.15) is 44.6 Å². The molecule has 0 amide bonds. The van der Waals surface area contributed by atoms with E-state index in [1.165, 1.54) is 58.2 Å². The fourth-order valence-corrected chi connectivity index (χ4v) is 3.38. The fraction of sp³-hybridized carbons (Fsp3) is 0.800. The maximum Gasteiger partial charge on any atom is 0.145 e. The molecule has 0 bridgehead atoms. The van der Waals surface area contributed by atoms with Gasteiger partial charge >= 0.3 is 0 Å². The van der Waals surface area contributed by atoms with Gasteiger partial charge in [-0.1, -0.05) is 0 Å². The summed E-state index contributed by atoms with van der Waals surface area (Å²) in [5, 5.41) is 4.33. The first-order valence-electron chi connectivity index (χ1n) is 7.96. The molecule has 2 aliphatic heterocycles. The minimum atomic E-state index is 0.529. The van der Waals surface area contributed by atoms with Crippen LogP contribution in [0.2, 0.25) is 0 Å². The molecule has 1 aromatic heterocycles. The lowest BCUT2D eigenvalue weighted by Crippen LogP contribution is -2.35. The SMILES string of the molecule is Nc1ccn(C2CCN(CCCC3CCCO3)CC2)n1. The van der Waals surface area contributed by atoms with Crippen LogP contribution in [0.3, 0.4) is 0 Å². The van der Waals surface area contributed by atoms with Gasteiger partial charge in [0.05, 0.1) is 12.1 Å². The van der Waals surface area contributed by atoms with Crippen molar-refractivity contribution in [3.8, 4) is 0 Å². The summed E-state index contributed by atoms with van der Waals surface area (Å²) in [6, 6.07) is 2.41. The van der Waals surface area contributed by atoms with E-state index in [9.17, 15) is 0 Å². The number of hydrogen-bond acceptors (Lipinski definition) is 4. The third kappa shape index (κ3) is 3.52. The van der Waals surface area contributed by atoms with Crippen LogP contribution in [0.4, 0.5) is 5.82 Å². The number of hydrogen-bond donors (Lipinski definition) is 1. The van der Waals surface area contributed by atoms with Crippen LogP contribution in [0.15, 0.2) is 12.3 Å². The Kier molecular flexibility index (Phi) is 4.58. The Morgan fingerprint density at radius 2 is 2.15 bits per heavy atom. The standard InChI is InChI=1S/C15H26N4O/c16-15-7-11-19(17-15)13-5-9-18(10-6-13)8-1-3-14-4-2-12-20-14/h7,11,13-14H,1-6,8-10,12H2,(H2,16,17). The average Bonchev–Trinajstić information content (AvgIpc) is 3.11. The van der Waals surface area contributed by atoms with Crippen LogP contribution in [-0.2, 0) is 4.74 Å². The van der Waals surface area contributed by atoms with E-state index in [1.54, 1.807) is 0 Å². The molecule has 1 aromatic rings. The summed E-state index contributed by atoms with van der Waals surface area (Å²) in [4.78, 5) is 2.58. The highest BCUT2D eigenvalue weighted by Gasteiger charge is 2.21. The van der Waals surface area contributed by atoms with Crippen molar-refractivity contribution in [2.75, 3.05) is 32.0 Å². The quantitative estimate of drug-likeness (QED) is 0.895. The smallest absolute Gasteiger partial charge is 0.145 e. The van der Waals surface area contributed by atoms with Crippen molar-refractivity contribution in [1.29, 1.82) is 0 Å². The Balaban J connectivity index is 1.35. The second-order valence-corrected chi connectivity index (χ2v) is 6.07. The van der Waals surface area contributed by atoms with Crippen LogP contribution in [0.25, 0.3) is 0 Å².